The van der Waals surface area contributed by atoms with E-state index in [0.717, 1.165) is 44.9 Å². The number of hydrogen-bond acceptors (Lipinski definition) is 5. The summed E-state index contributed by atoms with van der Waals surface area (Å²) < 4.78 is 23.5. The number of carbonyl (C=O) groups is 1. The van der Waals surface area contributed by atoms with E-state index in [1.54, 1.807) is 0 Å². The minimum absolute atomic E-state index is 0.0717. The predicted molar refractivity (Wildman–Crippen MR) is 198 cm³/mol. The summed E-state index contributed by atoms with van der Waals surface area (Å²) in [4.78, 5) is 23.0. The van der Waals surface area contributed by atoms with Crippen LogP contribution < -0.4 is 5.32 Å². The molecule has 0 saturated carbocycles. The van der Waals surface area contributed by atoms with Gasteiger partial charge < -0.3 is 19.8 Å². The highest BCUT2D eigenvalue weighted by Crippen LogP contribution is 2.43. The fraction of sp³-hybridized carbons (Fsp3) is 0.921. The van der Waals surface area contributed by atoms with E-state index in [1.807, 2.05) is 21.1 Å². The smallest absolute Gasteiger partial charge is 0.391 e. The Kier molecular flexibility index (Phi) is 30.7. The topological polar surface area (TPSA) is 105 Å². The molecule has 0 aromatic carbocycles. The van der Waals surface area contributed by atoms with Crippen LogP contribution in [0.3, 0.4) is 0 Å². The Labute approximate surface area is 291 Å². The van der Waals surface area contributed by atoms with Crippen LogP contribution in [0.1, 0.15) is 174 Å². The van der Waals surface area contributed by atoms with E-state index in [-0.39, 0.29) is 19.1 Å². The predicted octanol–water partition coefficient (Wildman–Crippen LogP) is 10.0. The van der Waals surface area contributed by atoms with Crippen molar-refractivity contribution in [1.29, 1.82) is 0 Å². The SMILES string of the molecule is CCCCCCCCCC/C=C/CCCC[C@@H](O)[C@H](COP(=O)(O)OCC[N+](C)(C)C)NC(=O)CCCCCCCCCCCCC. The van der Waals surface area contributed by atoms with Crippen LogP contribution in [0.15, 0.2) is 12.2 Å². The lowest BCUT2D eigenvalue weighted by atomic mass is 10.0. The van der Waals surface area contributed by atoms with Crippen molar-refractivity contribution in [2.75, 3.05) is 40.9 Å². The molecule has 0 heterocycles. The van der Waals surface area contributed by atoms with Crippen LogP contribution >= 0.6 is 7.82 Å². The third-order valence-corrected chi connectivity index (χ3v) is 9.75. The fourth-order valence-electron chi connectivity index (χ4n) is 5.57. The third-order valence-electron chi connectivity index (χ3n) is 8.76. The fourth-order valence-corrected chi connectivity index (χ4v) is 6.30. The van der Waals surface area contributed by atoms with Crippen LogP contribution in [-0.4, -0.2) is 73.4 Å². The summed E-state index contributed by atoms with van der Waals surface area (Å²) in [5.41, 5.74) is 0. The van der Waals surface area contributed by atoms with Gasteiger partial charge >= 0.3 is 7.82 Å². The number of hydrogen-bond donors (Lipinski definition) is 3. The molecule has 1 unspecified atom stereocenters. The maximum absolute atomic E-state index is 12.8. The molecule has 8 nitrogen and oxygen atoms in total. The molecular weight excluding hydrogens is 611 g/mol. The lowest BCUT2D eigenvalue weighted by molar-refractivity contribution is -0.870. The van der Waals surface area contributed by atoms with E-state index in [1.165, 1.54) is 103 Å². The van der Waals surface area contributed by atoms with Gasteiger partial charge in [0.05, 0.1) is 39.9 Å². The third kappa shape index (κ3) is 33.5. The van der Waals surface area contributed by atoms with Gasteiger partial charge in [-0.25, -0.2) is 4.57 Å². The number of phosphoric ester groups is 1. The molecule has 0 aromatic heterocycles. The summed E-state index contributed by atoms with van der Waals surface area (Å²) in [6.45, 7) is 4.84. The Morgan fingerprint density at radius 2 is 1.15 bits per heavy atom. The van der Waals surface area contributed by atoms with Gasteiger partial charge in [0.1, 0.15) is 13.2 Å². The standard InChI is InChI=1S/C38H77N2O6P/c1-6-8-10-12-14-16-18-19-20-22-23-25-27-29-31-37(41)36(35-46-47(43,44)45-34-33-40(3,4)5)39-38(42)32-30-28-26-24-21-17-15-13-11-9-7-2/h22-23,36-37,41H,6-21,24-35H2,1-5H3,(H-,39,42,43,44)/p+1/b23-22+/t36-,37+/m0/s1. The Morgan fingerprint density at radius 3 is 1.64 bits per heavy atom. The number of rotatable bonds is 35. The molecule has 0 fully saturated rings. The molecule has 0 aromatic rings. The molecule has 0 spiro atoms. The molecule has 47 heavy (non-hydrogen) atoms. The van der Waals surface area contributed by atoms with Crippen molar-refractivity contribution in [3.8, 4) is 0 Å². The number of likely N-dealkylation sites (N-methyl/N-ethyl adjacent to an activating group) is 1. The summed E-state index contributed by atoms with van der Waals surface area (Å²) in [5, 5.41) is 13.8. The van der Waals surface area contributed by atoms with Crippen molar-refractivity contribution in [2.45, 2.75) is 187 Å². The number of nitrogens with zero attached hydrogens (tertiary/aromatic N) is 1. The molecule has 3 atom stereocenters. The van der Waals surface area contributed by atoms with Crippen molar-refractivity contribution < 1.29 is 32.9 Å². The molecule has 0 rings (SSSR count). The molecular formula is C38H78N2O6P+. The van der Waals surface area contributed by atoms with Crippen molar-refractivity contribution >= 4 is 13.7 Å². The first-order chi connectivity index (χ1) is 22.5. The molecule has 0 saturated heterocycles. The van der Waals surface area contributed by atoms with Crippen LogP contribution in [0.25, 0.3) is 0 Å². The van der Waals surface area contributed by atoms with Gasteiger partial charge in [-0.05, 0) is 38.5 Å². The highest BCUT2D eigenvalue weighted by molar-refractivity contribution is 7.47. The Balaban J connectivity index is 4.50. The lowest BCUT2D eigenvalue weighted by Crippen LogP contribution is -2.46. The summed E-state index contributed by atoms with van der Waals surface area (Å²) in [6.07, 6.45) is 32.3. The van der Waals surface area contributed by atoms with Gasteiger partial charge in [-0.15, -0.1) is 0 Å². The van der Waals surface area contributed by atoms with Crippen LogP contribution in [0, 0.1) is 0 Å². The van der Waals surface area contributed by atoms with Gasteiger partial charge in [0.15, 0.2) is 0 Å². The highest BCUT2D eigenvalue weighted by Gasteiger charge is 2.28. The Hall–Kier alpha value is -0.760. The van der Waals surface area contributed by atoms with Gasteiger partial charge in [0.25, 0.3) is 0 Å². The van der Waals surface area contributed by atoms with Crippen LogP contribution in [0.2, 0.25) is 0 Å². The zero-order chi connectivity index (χ0) is 35.1. The summed E-state index contributed by atoms with van der Waals surface area (Å²) in [7, 11) is 1.60. The molecule has 0 bridgehead atoms. The largest absolute Gasteiger partial charge is 0.472 e. The van der Waals surface area contributed by atoms with Gasteiger partial charge in [0.2, 0.25) is 5.91 Å². The molecule has 0 aliphatic carbocycles. The van der Waals surface area contributed by atoms with Crippen LogP contribution in [-0.2, 0) is 18.4 Å². The average Bonchev–Trinajstić information content (AvgIpc) is 3.01. The summed E-state index contributed by atoms with van der Waals surface area (Å²) in [6, 6.07) is -0.768. The molecule has 0 aliphatic heterocycles. The number of allylic oxidation sites excluding steroid dienone is 2. The Morgan fingerprint density at radius 1 is 0.702 bits per heavy atom. The molecule has 3 N–H and O–H groups in total. The number of unbranched alkanes of at least 4 members (excludes halogenated alkanes) is 20. The lowest BCUT2D eigenvalue weighted by Gasteiger charge is -2.26. The van der Waals surface area contributed by atoms with Crippen molar-refractivity contribution in [3.63, 3.8) is 0 Å². The van der Waals surface area contributed by atoms with Crippen molar-refractivity contribution in [1.82, 2.24) is 5.32 Å². The van der Waals surface area contributed by atoms with E-state index in [9.17, 15) is 19.4 Å². The quantitative estimate of drug-likeness (QED) is 0.0265. The van der Waals surface area contributed by atoms with E-state index in [4.69, 9.17) is 9.05 Å². The number of aliphatic hydroxyl groups is 1. The maximum Gasteiger partial charge on any atom is 0.472 e. The molecule has 280 valence electrons. The second kappa shape index (κ2) is 31.2. The first-order valence-electron chi connectivity index (χ1n) is 19.6. The number of amides is 1. The Bertz CT molecular complexity index is 789. The number of quaternary nitrogens is 1. The van der Waals surface area contributed by atoms with E-state index in [2.05, 4.69) is 31.3 Å². The number of phosphoric acid groups is 1. The first kappa shape index (κ1) is 46.2. The van der Waals surface area contributed by atoms with Crippen molar-refractivity contribution in [2.24, 2.45) is 0 Å². The molecule has 1 amide bonds. The number of nitrogens with one attached hydrogen (secondary N) is 1. The minimum atomic E-state index is -4.31. The zero-order valence-electron chi connectivity index (χ0n) is 31.5. The maximum atomic E-state index is 12.8. The average molecular weight is 690 g/mol. The van der Waals surface area contributed by atoms with E-state index < -0.39 is 20.0 Å². The molecule has 0 aliphatic rings. The van der Waals surface area contributed by atoms with Gasteiger partial charge in [0, 0.05) is 6.42 Å². The van der Waals surface area contributed by atoms with Crippen LogP contribution in [0.4, 0.5) is 0 Å². The normalized spacial score (nSPS) is 14.8. The number of carbonyl (C=O) groups excluding carboxylic acids is 1. The molecule has 9 heteroatoms. The van der Waals surface area contributed by atoms with Gasteiger partial charge in [-0.2, -0.15) is 0 Å². The molecule has 0 radical (unpaired) electrons. The highest BCUT2D eigenvalue weighted by atomic mass is 31.2. The van der Waals surface area contributed by atoms with E-state index in [0.29, 0.717) is 23.9 Å². The van der Waals surface area contributed by atoms with Crippen LogP contribution in [0.5, 0.6) is 0 Å². The van der Waals surface area contributed by atoms with E-state index >= 15 is 0 Å². The summed E-state index contributed by atoms with van der Waals surface area (Å²) in [5.74, 6) is -0.156. The second-order valence-electron chi connectivity index (χ2n) is 14.7. The first-order valence-corrected chi connectivity index (χ1v) is 21.0. The second-order valence-corrected chi connectivity index (χ2v) is 16.1. The zero-order valence-corrected chi connectivity index (χ0v) is 32.4. The van der Waals surface area contributed by atoms with Gasteiger partial charge in [-0.1, -0.05) is 142 Å². The van der Waals surface area contributed by atoms with Crippen molar-refractivity contribution in [3.05, 3.63) is 12.2 Å². The monoisotopic (exact) mass is 690 g/mol. The number of aliphatic hydroxyl groups excluding tert-OH is 1. The minimum Gasteiger partial charge on any atom is -0.391 e. The van der Waals surface area contributed by atoms with Gasteiger partial charge in [-0.3, -0.25) is 13.8 Å². The summed E-state index contributed by atoms with van der Waals surface area (Å²) >= 11 is 0.